The molecule has 1 aromatic carbocycles. The second kappa shape index (κ2) is 5.57. The van der Waals surface area contributed by atoms with E-state index in [2.05, 4.69) is 42.2 Å². The Balaban J connectivity index is 1.89. The zero-order valence-corrected chi connectivity index (χ0v) is 12.6. The number of nitrogens with zero attached hydrogens (tertiary/aromatic N) is 3. The Kier molecular flexibility index (Phi) is 3.62. The van der Waals surface area contributed by atoms with Crippen molar-refractivity contribution in [2.45, 2.75) is 32.7 Å². The van der Waals surface area contributed by atoms with Crippen molar-refractivity contribution in [1.29, 1.82) is 5.26 Å². The molecule has 2 aromatic rings. The first kappa shape index (κ1) is 13.6. The second-order valence-corrected chi connectivity index (χ2v) is 5.77. The van der Waals surface area contributed by atoms with Crippen LogP contribution in [0, 0.1) is 18.3 Å². The van der Waals surface area contributed by atoms with Crippen LogP contribution in [0.2, 0.25) is 0 Å². The summed E-state index contributed by atoms with van der Waals surface area (Å²) in [7, 11) is 2.00. The number of fused-ring (bicyclic) bond motifs is 1. The molecule has 1 heterocycles. The van der Waals surface area contributed by atoms with E-state index in [0.717, 1.165) is 31.6 Å². The molecule has 106 valence electrons. The minimum Gasteiger partial charge on any atom is -0.354 e. The van der Waals surface area contributed by atoms with Crippen molar-refractivity contribution >= 4 is 5.82 Å². The van der Waals surface area contributed by atoms with E-state index in [9.17, 15) is 5.26 Å². The maximum atomic E-state index is 9.38. The molecule has 0 atom stereocenters. The largest absolute Gasteiger partial charge is 0.354 e. The first-order chi connectivity index (χ1) is 10.2. The number of hydrogen-bond donors (Lipinski definition) is 0. The summed E-state index contributed by atoms with van der Waals surface area (Å²) in [4.78, 5) is 6.81. The average molecular weight is 277 g/mol. The van der Waals surface area contributed by atoms with Crippen LogP contribution in [0.15, 0.2) is 30.3 Å². The van der Waals surface area contributed by atoms with Crippen LogP contribution in [0.3, 0.4) is 0 Å². The standard InChI is InChI=1S/C18H19N3/c1-13-6-8-14(9-7-13)12-21(2)18-16(11-19)10-15-4-3-5-17(15)20-18/h6-10H,3-5,12H2,1-2H3. The monoisotopic (exact) mass is 277 g/mol. The van der Waals surface area contributed by atoms with Crippen molar-refractivity contribution < 1.29 is 0 Å². The van der Waals surface area contributed by atoms with Crippen LogP contribution in [0.4, 0.5) is 5.82 Å². The number of nitriles is 1. The second-order valence-electron chi connectivity index (χ2n) is 5.77. The predicted octanol–water partition coefficient (Wildman–Crippen LogP) is 3.39. The van der Waals surface area contributed by atoms with Gasteiger partial charge in [0.2, 0.25) is 0 Å². The molecule has 0 unspecified atom stereocenters. The quantitative estimate of drug-likeness (QED) is 0.863. The van der Waals surface area contributed by atoms with Gasteiger partial charge in [0.15, 0.2) is 0 Å². The maximum Gasteiger partial charge on any atom is 0.146 e. The van der Waals surface area contributed by atoms with Gasteiger partial charge in [-0.05, 0) is 43.4 Å². The van der Waals surface area contributed by atoms with E-state index in [1.165, 1.54) is 22.4 Å². The fraction of sp³-hybridized carbons (Fsp3) is 0.333. The van der Waals surface area contributed by atoms with E-state index >= 15 is 0 Å². The molecular formula is C18H19N3. The van der Waals surface area contributed by atoms with Gasteiger partial charge in [0, 0.05) is 19.3 Å². The van der Waals surface area contributed by atoms with Crippen molar-refractivity contribution in [2.24, 2.45) is 0 Å². The summed E-state index contributed by atoms with van der Waals surface area (Å²) in [6, 6.07) is 12.8. The molecule has 0 aliphatic heterocycles. The third-order valence-electron chi connectivity index (χ3n) is 4.05. The Morgan fingerprint density at radius 3 is 2.71 bits per heavy atom. The minimum absolute atomic E-state index is 0.685. The molecule has 1 aromatic heterocycles. The van der Waals surface area contributed by atoms with Gasteiger partial charge in [-0.3, -0.25) is 0 Å². The van der Waals surface area contributed by atoms with Gasteiger partial charge in [0.05, 0.1) is 5.56 Å². The molecule has 0 amide bonds. The van der Waals surface area contributed by atoms with Crippen LogP contribution < -0.4 is 4.90 Å². The normalized spacial score (nSPS) is 12.8. The van der Waals surface area contributed by atoms with Crippen molar-refractivity contribution in [3.8, 4) is 6.07 Å². The lowest BCUT2D eigenvalue weighted by molar-refractivity contribution is 0.871. The summed E-state index contributed by atoms with van der Waals surface area (Å²) in [5, 5.41) is 9.38. The fourth-order valence-corrected chi connectivity index (χ4v) is 2.88. The van der Waals surface area contributed by atoms with Gasteiger partial charge in [-0.2, -0.15) is 5.26 Å². The molecule has 21 heavy (non-hydrogen) atoms. The number of aryl methyl sites for hydroxylation is 3. The van der Waals surface area contributed by atoms with E-state index in [1.807, 2.05) is 13.1 Å². The van der Waals surface area contributed by atoms with Crippen LogP contribution in [-0.4, -0.2) is 12.0 Å². The smallest absolute Gasteiger partial charge is 0.146 e. The van der Waals surface area contributed by atoms with Gasteiger partial charge in [-0.1, -0.05) is 29.8 Å². The lowest BCUT2D eigenvalue weighted by Gasteiger charge is -2.20. The number of rotatable bonds is 3. The van der Waals surface area contributed by atoms with Crippen LogP contribution >= 0.6 is 0 Å². The van der Waals surface area contributed by atoms with Crippen molar-refractivity contribution in [3.05, 3.63) is 58.3 Å². The van der Waals surface area contributed by atoms with Crippen molar-refractivity contribution in [2.75, 3.05) is 11.9 Å². The third-order valence-corrected chi connectivity index (χ3v) is 4.05. The van der Waals surface area contributed by atoms with E-state index < -0.39 is 0 Å². The topological polar surface area (TPSA) is 39.9 Å². The van der Waals surface area contributed by atoms with Crippen molar-refractivity contribution in [1.82, 2.24) is 4.98 Å². The molecule has 3 heteroatoms. The van der Waals surface area contributed by atoms with Crippen LogP contribution in [0.25, 0.3) is 0 Å². The Hall–Kier alpha value is -2.34. The Morgan fingerprint density at radius 1 is 1.24 bits per heavy atom. The zero-order chi connectivity index (χ0) is 14.8. The highest BCUT2D eigenvalue weighted by Gasteiger charge is 2.18. The van der Waals surface area contributed by atoms with Gasteiger partial charge < -0.3 is 4.90 Å². The van der Waals surface area contributed by atoms with E-state index in [4.69, 9.17) is 4.98 Å². The summed E-state index contributed by atoms with van der Waals surface area (Å²) < 4.78 is 0. The highest BCUT2D eigenvalue weighted by molar-refractivity contribution is 5.56. The molecule has 0 spiro atoms. The molecule has 0 radical (unpaired) electrons. The SMILES string of the molecule is Cc1ccc(CN(C)c2nc3c(cc2C#N)CCC3)cc1. The van der Waals surface area contributed by atoms with Crippen molar-refractivity contribution in [3.63, 3.8) is 0 Å². The lowest BCUT2D eigenvalue weighted by Crippen LogP contribution is -2.19. The molecule has 0 fully saturated rings. The Bertz CT molecular complexity index is 696. The molecule has 3 rings (SSSR count). The lowest BCUT2D eigenvalue weighted by atomic mass is 10.1. The van der Waals surface area contributed by atoms with Gasteiger partial charge in [-0.25, -0.2) is 4.98 Å². The number of benzene rings is 1. The highest BCUT2D eigenvalue weighted by Crippen LogP contribution is 2.27. The van der Waals surface area contributed by atoms with Crippen LogP contribution in [-0.2, 0) is 19.4 Å². The first-order valence-electron chi connectivity index (χ1n) is 7.37. The van der Waals surface area contributed by atoms with Gasteiger partial charge in [0.25, 0.3) is 0 Å². The van der Waals surface area contributed by atoms with Crippen LogP contribution in [0.1, 0.15) is 34.4 Å². The molecule has 0 saturated carbocycles. The summed E-state index contributed by atoms with van der Waals surface area (Å²) in [5.41, 5.74) is 5.59. The summed E-state index contributed by atoms with van der Waals surface area (Å²) in [5.74, 6) is 0.804. The zero-order valence-electron chi connectivity index (χ0n) is 12.6. The van der Waals surface area contributed by atoms with Gasteiger partial charge in [0.1, 0.15) is 11.9 Å². The fourth-order valence-electron chi connectivity index (χ4n) is 2.88. The molecular weight excluding hydrogens is 258 g/mol. The Morgan fingerprint density at radius 2 is 2.00 bits per heavy atom. The summed E-state index contributed by atoms with van der Waals surface area (Å²) in [6.45, 7) is 2.85. The molecule has 0 saturated heterocycles. The van der Waals surface area contributed by atoms with Gasteiger partial charge >= 0.3 is 0 Å². The number of anilines is 1. The summed E-state index contributed by atoms with van der Waals surface area (Å²) in [6.07, 6.45) is 3.24. The first-order valence-corrected chi connectivity index (χ1v) is 7.37. The van der Waals surface area contributed by atoms with E-state index in [-0.39, 0.29) is 0 Å². The van der Waals surface area contributed by atoms with Gasteiger partial charge in [-0.15, -0.1) is 0 Å². The molecule has 0 N–H and O–H groups in total. The summed E-state index contributed by atoms with van der Waals surface area (Å²) >= 11 is 0. The number of hydrogen-bond acceptors (Lipinski definition) is 3. The number of pyridine rings is 1. The highest BCUT2D eigenvalue weighted by atomic mass is 15.2. The predicted molar refractivity (Wildman–Crippen MR) is 84.3 cm³/mol. The third kappa shape index (κ3) is 2.75. The Labute approximate surface area is 125 Å². The van der Waals surface area contributed by atoms with Crippen LogP contribution in [0.5, 0.6) is 0 Å². The number of aromatic nitrogens is 1. The molecule has 1 aliphatic rings. The van der Waals surface area contributed by atoms with E-state index in [1.54, 1.807) is 0 Å². The molecule has 1 aliphatic carbocycles. The molecule has 3 nitrogen and oxygen atoms in total. The maximum absolute atomic E-state index is 9.38. The minimum atomic E-state index is 0.685. The average Bonchev–Trinajstić information content (AvgIpc) is 2.95. The van der Waals surface area contributed by atoms with E-state index in [0.29, 0.717) is 5.56 Å². The molecule has 0 bridgehead atoms.